The van der Waals surface area contributed by atoms with Crippen LogP contribution >= 0.6 is 0 Å². The molecule has 48 heavy (non-hydrogen) atoms. The average Bonchev–Trinajstić information content (AvgIpc) is 3.22. The van der Waals surface area contributed by atoms with Crippen molar-refractivity contribution in [3.05, 3.63) is 0 Å². The summed E-state index contributed by atoms with van der Waals surface area (Å²) in [5.74, 6) is -4.72. The number of carbonyl (C=O) groups excluding carboxylic acids is 8. The van der Waals surface area contributed by atoms with E-state index in [1.54, 1.807) is 62.3 Å². The second kappa shape index (κ2) is 17.8. The molecule has 272 valence electrons. The van der Waals surface area contributed by atoms with Gasteiger partial charge in [-0.05, 0) is 81.6 Å². The lowest BCUT2D eigenvalue weighted by atomic mass is 9.83. The molecule has 1 heterocycles. The van der Waals surface area contributed by atoms with Gasteiger partial charge in [0.05, 0.1) is 6.42 Å². The summed E-state index contributed by atoms with van der Waals surface area (Å²) in [6, 6.07) is 0. The van der Waals surface area contributed by atoms with E-state index in [-0.39, 0.29) is 56.4 Å². The Morgan fingerprint density at radius 1 is 0.583 bits per heavy atom. The van der Waals surface area contributed by atoms with Gasteiger partial charge < -0.3 is 29.0 Å². The summed E-state index contributed by atoms with van der Waals surface area (Å²) in [4.78, 5) is 103. The summed E-state index contributed by atoms with van der Waals surface area (Å²) in [5.41, 5.74) is -3.62. The van der Waals surface area contributed by atoms with Gasteiger partial charge in [0, 0.05) is 44.1 Å². The summed E-state index contributed by atoms with van der Waals surface area (Å²) < 4.78 is 25.6. The molecule has 1 N–H and O–H groups in total. The number of hydrogen-bond donors (Lipinski definition) is 1. The van der Waals surface area contributed by atoms with E-state index in [0.717, 1.165) is 0 Å². The number of ether oxygens (including phenoxy) is 5. The molecule has 0 saturated carbocycles. The van der Waals surface area contributed by atoms with Crippen LogP contribution in [0, 0.1) is 0 Å². The molecular formula is C32H50N2O14. The van der Waals surface area contributed by atoms with Gasteiger partial charge in [0.25, 0.3) is 11.8 Å². The number of esters is 4. The Morgan fingerprint density at radius 3 is 1.35 bits per heavy atom. The number of hydroxylamine groups is 2. The second-order valence-electron chi connectivity index (χ2n) is 14.3. The highest BCUT2D eigenvalue weighted by atomic mass is 16.9. The Bertz CT molecular complexity index is 1110. The van der Waals surface area contributed by atoms with Crippen LogP contribution in [0.25, 0.3) is 0 Å². The third-order valence-electron chi connectivity index (χ3n) is 6.21. The van der Waals surface area contributed by atoms with Crippen molar-refractivity contribution in [3.8, 4) is 0 Å². The Labute approximate surface area is 280 Å². The minimum absolute atomic E-state index is 0.0122. The molecule has 0 atom stereocenters. The molecule has 16 heteroatoms. The minimum Gasteiger partial charge on any atom is -0.460 e. The maximum atomic E-state index is 13.2. The summed E-state index contributed by atoms with van der Waals surface area (Å²) in [6.07, 6.45) is -3.08. The van der Waals surface area contributed by atoms with Crippen molar-refractivity contribution >= 4 is 47.8 Å². The number of nitrogens with one attached hydrogen (secondary N) is 1. The van der Waals surface area contributed by atoms with Crippen molar-refractivity contribution in [2.75, 3.05) is 6.79 Å². The number of imide groups is 1. The van der Waals surface area contributed by atoms with E-state index in [1.165, 1.54) is 0 Å². The van der Waals surface area contributed by atoms with Gasteiger partial charge in [-0.1, -0.05) is 5.06 Å². The highest BCUT2D eigenvalue weighted by Gasteiger charge is 2.36. The Balaban J connectivity index is 2.98. The van der Waals surface area contributed by atoms with Crippen LogP contribution in [-0.4, -0.2) is 82.0 Å². The van der Waals surface area contributed by atoms with Gasteiger partial charge in [-0.15, -0.1) is 0 Å². The third kappa shape index (κ3) is 18.2. The Hall–Kier alpha value is -4.24. The predicted octanol–water partition coefficient (Wildman–Crippen LogP) is 3.71. The molecule has 1 aliphatic heterocycles. The number of hydrogen-bond acceptors (Lipinski definition) is 14. The van der Waals surface area contributed by atoms with Crippen molar-refractivity contribution in [2.24, 2.45) is 0 Å². The predicted molar refractivity (Wildman–Crippen MR) is 165 cm³/mol. The number of carbonyl (C=O) groups is 8. The summed E-state index contributed by atoms with van der Waals surface area (Å²) in [5, 5.41) is 3.08. The topological polar surface area (TPSA) is 207 Å². The van der Waals surface area contributed by atoms with Crippen molar-refractivity contribution in [2.45, 2.75) is 149 Å². The van der Waals surface area contributed by atoms with Crippen molar-refractivity contribution < 1.29 is 66.9 Å². The van der Waals surface area contributed by atoms with Crippen LogP contribution in [0.3, 0.4) is 0 Å². The lowest BCUT2D eigenvalue weighted by Crippen LogP contribution is -2.50. The zero-order valence-electron chi connectivity index (χ0n) is 29.4. The van der Waals surface area contributed by atoms with Crippen molar-refractivity contribution in [1.82, 2.24) is 10.4 Å². The molecule has 0 bridgehead atoms. The molecule has 0 aliphatic carbocycles. The molecule has 0 unspecified atom stereocenters. The average molecular weight is 687 g/mol. The highest BCUT2D eigenvalue weighted by Crippen LogP contribution is 2.29. The minimum atomic E-state index is -1.45. The van der Waals surface area contributed by atoms with Gasteiger partial charge in [0.2, 0.25) is 12.7 Å². The molecule has 16 nitrogen and oxygen atoms in total. The van der Waals surface area contributed by atoms with Crippen LogP contribution in [0.4, 0.5) is 4.79 Å². The maximum absolute atomic E-state index is 13.2. The first-order chi connectivity index (χ1) is 21.9. The molecule has 0 aromatic rings. The lowest BCUT2D eigenvalue weighted by Gasteiger charge is -2.36. The second-order valence-corrected chi connectivity index (χ2v) is 14.3. The molecule has 0 aromatic carbocycles. The molecule has 0 radical (unpaired) electrons. The van der Waals surface area contributed by atoms with Crippen LogP contribution in [0.2, 0.25) is 0 Å². The van der Waals surface area contributed by atoms with E-state index < -0.39 is 89.7 Å². The summed E-state index contributed by atoms with van der Waals surface area (Å²) in [6.45, 7) is 14.4. The fraction of sp³-hybridized carbons (Fsp3) is 0.750. The lowest BCUT2D eigenvalue weighted by molar-refractivity contribution is -0.182. The molecule has 0 spiro atoms. The molecule has 0 aromatic heterocycles. The fourth-order valence-electron chi connectivity index (χ4n) is 4.31. The normalized spacial score (nSPS) is 13.8. The number of nitrogens with zero attached hydrogens (tertiary/aromatic N) is 1. The number of amides is 3. The van der Waals surface area contributed by atoms with E-state index in [4.69, 9.17) is 18.9 Å². The molecule has 1 saturated heterocycles. The van der Waals surface area contributed by atoms with E-state index in [2.05, 4.69) is 14.9 Å². The Morgan fingerprint density at radius 2 is 0.979 bits per heavy atom. The molecule has 1 aliphatic rings. The van der Waals surface area contributed by atoms with Crippen LogP contribution < -0.4 is 5.32 Å². The highest BCUT2D eigenvalue weighted by molar-refractivity contribution is 6.01. The third-order valence-corrected chi connectivity index (χ3v) is 6.21. The van der Waals surface area contributed by atoms with Gasteiger partial charge >= 0.3 is 30.0 Å². The smallest absolute Gasteiger partial charge is 0.460 e. The largest absolute Gasteiger partial charge is 0.536 e. The quantitative estimate of drug-likeness (QED) is 0.106. The first kappa shape index (κ1) is 41.8. The summed E-state index contributed by atoms with van der Waals surface area (Å²) >= 11 is 0. The van der Waals surface area contributed by atoms with Crippen LogP contribution in [0.5, 0.6) is 0 Å². The van der Waals surface area contributed by atoms with Crippen molar-refractivity contribution in [3.63, 3.8) is 0 Å². The first-order valence-corrected chi connectivity index (χ1v) is 15.7. The van der Waals surface area contributed by atoms with Crippen molar-refractivity contribution in [1.29, 1.82) is 0 Å². The fourth-order valence-corrected chi connectivity index (χ4v) is 4.31. The first-order valence-electron chi connectivity index (χ1n) is 15.7. The standard InChI is InChI=1S/C32H50N2O14/c1-29(2,3)45-25(39)14-17-32(18-15-26(40)46-30(4,5)6,19-16-27(41)47-31(7,8)9)33-21(35)10-13-24(38)43-20-44-28(42)48-34-22(36)11-12-23(34)37/h10-20H2,1-9H3,(H,33,35). The molecule has 1 rings (SSSR count). The monoisotopic (exact) mass is 686 g/mol. The zero-order chi connectivity index (χ0) is 36.9. The van der Waals surface area contributed by atoms with E-state index in [9.17, 15) is 38.4 Å². The van der Waals surface area contributed by atoms with Gasteiger partial charge in [-0.2, -0.15) is 0 Å². The maximum Gasteiger partial charge on any atom is 0.536 e. The van der Waals surface area contributed by atoms with Gasteiger partial charge in [-0.25, -0.2) is 4.79 Å². The zero-order valence-corrected chi connectivity index (χ0v) is 29.4. The van der Waals surface area contributed by atoms with E-state index in [1.807, 2.05) is 0 Å². The van der Waals surface area contributed by atoms with Gasteiger partial charge in [-0.3, -0.25) is 38.4 Å². The van der Waals surface area contributed by atoms with E-state index in [0.29, 0.717) is 0 Å². The molecular weight excluding hydrogens is 636 g/mol. The molecule has 3 amide bonds. The Kier molecular flexibility index (Phi) is 15.5. The SMILES string of the molecule is CC(C)(C)OC(=O)CCC(CCC(=O)OC(C)(C)C)(CCC(=O)OC(C)(C)C)NC(=O)CCC(=O)OCOC(=O)ON1C(=O)CCC1=O. The van der Waals surface area contributed by atoms with Crippen LogP contribution in [0.15, 0.2) is 0 Å². The van der Waals surface area contributed by atoms with Gasteiger partial charge in [0.1, 0.15) is 16.8 Å². The molecule has 1 fully saturated rings. The summed E-state index contributed by atoms with van der Waals surface area (Å²) in [7, 11) is 0. The number of rotatable bonds is 16. The van der Waals surface area contributed by atoms with E-state index >= 15 is 0 Å². The van der Waals surface area contributed by atoms with Crippen LogP contribution in [-0.2, 0) is 62.1 Å². The van der Waals surface area contributed by atoms with Crippen LogP contribution in [0.1, 0.15) is 127 Å². The van der Waals surface area contributed by atoms with Gasteiger partial charge in [0.15, 0.2) is 0 Å².